The number of halogens is 1. The number of terminal acetylenes is 1. The van der Waals surface area contributed by atoms with E-state index >= 15 is 0 Å². The van der Waals surface area contributed by atoms with Crippen LogP contribution in [0.4, 0.5) is 9.18 Å². The highest BCUT2D eigenvalue weighted by Crippen LogP contribution is 2.44. The maximum Gasteiger partial charge on any atom is 0.407 e. The third-order valence-corrected chi connectivity index (χ3v) is 11.4. The van der Waals surface area contributed by atoms with E-state index < -0.39 is 66.4 Å². The Labute approximate surface area is 344 Å². The van der Waals surface area contributed by atoms with Crippen molar-refractivity contribution >= 4 is 40.7 Å². The van der Waals surface area contributed by atoms with Gasteiger partial charge in [-0.05, 0) is 63.6 Å². The van der Waals surface area contributed by atoms with Crippen LogP contribution < -0.4 is 16.0 Å². The quantitative estimate of drug-likeness (QED) is 0.177. The van der Waals surface area contributed by atoms with E-state index in [-0.39, 0.29) is 51.4 Å². The van der Waals surface area contributed by atoms with Crippen LogP contribution >= 0.6 is 0 Å². The smallest absolute Gasteiger partial charge is 0.407 e. The molecule has 3 heterocycles. The number of nitrogens with zero attached hydrogens (tertiary/aromatic N) is 2. The van der Waals surface area contributed by atoms with Crippen molar-refractivity contribution in [3.05, 3.63) is 131 Å². The molecule has 4 aromatic carbocycles. The van der Waals surface area contributed by atoms with Crippen LogP contribution in [0.1, 0.15) is 40.2 Å². The number of benzene rings is 4. The lowest BCUT2D eigenvalue weighted by Crippen LogP contribution is -2.57. The Kier molecular flexibility index (Phi) is 11.3. The monoisotopic (exact) mass is 811 g/mol. The minimum Gasteiger partial charge on any atom is -0.480 e. The van der Waals surface area contributed by atoms with Crippen LogP contribution in [0.5, 0.6) is 0 Å². The molecule has 0 unspecified atom stereocenters. The zero-order valence-corrected chi connectivity index (χ0v) is 32.4. The van der Waals surface area contributed by atoms with Crippen molar-refractivity contribution < 1.29 is 42.9 Å². The standard InChI is InChI=1S/C46H42FN5O8/c1-2-17-51-24-29(35-22-30(47)14-15-39(35)51)21-38-44(55)52-18-16-40(42(52)45(56)57)59-26-41(53)48-23-28-9-7-8-27(19-28)20-37(43(54)49-38)50-46(58)60-25-36-33-12-5-3-10-31(33)32-11-4-6-13-34(32)36/h1,3-15,19,22,24,36-38,40,42H,16-18,20-21,23,25-26H2,(H,48,53)(H,49,54)(H,50,58)(H,56,57)/t37-,38-,40-,42-/m0/s1. The van der Waals surface area contributed by atoms with Gasteiger partial charge in [0, 0.05) is 48.9 Å². The first kappa shape index (κ1) is 39.8. The molecule has 4 amide bonds. The average Bonchev–Trinajstić information content (AvgIpc) is 3.92. The molecule has 2 aliphatic heterocycles. The van der Waals surface area contributed by atoms with E-state index in [2.05, 4.69) is 21.9 Å². The molecule has 0 radical (unpaired) electrons. The Morgan fingerprint density at radius 1 is 0.967 bits per heavy atom. The predicted octanol–water partition coefficient (Wildman–Crippen LogP) is 4.29. The summed E-state index contributed by atoms with van der Waals surface area (Å²) < 4.78 is 28.0. The molecule has 0 spiro atoms. The van der Waals surface area contributed by atoms with Gasteiger partial charge < -0.3 is 40.0 Å². The Morgan fingerprint density at radius 3 is 2.43 bits per heavy atom. The van der Waals surface area contributed by atoms with Crippen molar-refractivity contribution in [3.8, 4) is 23.5 Å². The first-order valence-corrected chi connectivity index (χ1v) is 19.7. The Morgan fingerprint density at radius 2 is 1.70 bits per heavy atom. The number of carboxylic acid groups (broad SMARTS) is 1. The molecule has 4 N–H and O–H groups in total. The summed E-state index contributed by atoms with van der Waals surface area (Å²) in [4.78, 5) is 69.6. The molecular formula is C46H42FN5O8. The number of alkyl carbamates (subject to hydrolysis) is 1. The summed E-state index contributed by atoms with van der Waals surface area (Å²) in [6, 6.07) is 22.9. The second kappa shape index (κ2) is 17.1. The highest BCUT2D eigenvalue weighted by molar-refractivity contribution is 5.95. The summed E-state index contributed by atoms with van der Waals surface area (Å²) in [7, 11) is 0. The summed E-state index contributed by atoms with van der Waals surface area (Å²) in [5, 5.41) is 19.1. The van der Waals surface area contributed by atoms with Gasteiger partial charge in [0.15, 0.2) is 6.04 Å². The molecule has 4 bridgehead atoms. The van der Waals surface area contributed by atoms with E-state index in [4.69, 9.17) is 15.9 Å². The van der Waals surface area contributed by atoms with Gasteiger partial charge in [-0.3, -0.25) is 14.4 Å². The van der Waals surface area contributed by atoms with Crippen molar-refractivity contribution in [1.29, 1.82) is 0 Å². The fourth-order valence-electron chi connectivity index (χ4n) is 8.63. The minimum atomic E-state index is -1.48. The number of hydrogen-bond donors (Lipinski definition) is 4. The van der Waals surface area contributed by atoms with Crippen molar-refractivity contribution in [2.24, 2.45) is 0 Å². The molecule has 5 aromatic rings. The normalized spacial score (nSPS) is 20.7. The van der Waals surface area contributed by atoms with E-state index in [1.54, 1.807) is 41.1 Å². The zero-order chi connectivity index (χ0) is 41.9. The lowest BCUT2D eigenvalue weighted by atomic mass is 9.98. The molecule has 3 aliphatic rings. The number of carbonyl (C=O) groups excluding carboxylic acids is 4. The molecule has 13 nitrogen and oxygen atoms in total. The van der Waals surface area contributed by atoms with Gasteiger partial charge in [-0.1, -0.05) is 78.7 Å². The van der Waals surface area contributed by atoms with Gasteiger partial charge >= 0.3 is 12.1 Å². The number of amides is 4. The molecule has 306 valence electrons. The van der Waals surface area contributed by atoms with Crippen molar-refractivity contribution in [3.63, 3.8) is 0 Å². The van der Waals surface area contributed by atoms with Crippen LogP contribution in [0.2, 0.25) is 0 Å². The summed E-state index contributed by atoms with van der Waals surface area (Å²) in [6.07, 6.45) is 5.29. The van der Waals surface area contributed by atoms with Crippen LogP contribution in [0.25, 0.3) is 22.0 Å². The number of fused-ring (bicyclic) bond motifs is 8. The van der Waals surface area contributed by atoms with Crippen molar-refractivity contribution in [2.75, 3.05) is 19.8 Å². The number of aliphatic carboxylic acids is 1. The van der Waals surface area contributed by atoms with Gasteiger partial charge in [0.2, 0.25) is 17.7 Å². The van der Waals surface area contributed by atoms with Crippen LogP contribution in [-0.2, 0) is 54.6 Å². The second-order valence-corrected chi connectivity index (χ2v) is 15.2. The Hall–Kier alpha value is -6.98. The molecule has 4 atom stereocenters. The van der Waals surface area contributed by atoms with Crippen LogP contribution in [0.15, 0.2) is 97.2 Å². The third kappa shape index (κ3) is 8.17. The largest absolute Gasteiger partial charge is 0.480 e. The van der Waals surface area contributed by atoms with Crippen LogP contribution in [0, 0.1) is 18.2 Å². The van der Waals surface area contributed by atoms with Crippen LogP contribution in [0.3, 0.4) is 0 Å². The molecule has 1 saturated heterocycles. The summed E-state index contributed by atoms with van der Waals surface area (Å²) in [5.41, 5.74) is 6.50. The number of carboxylic acids is 1. The van der Waals surface area contributed by atoms with E-state index in [1.807, 2.05) is 48.5 Å². The number of hydrogen-bond acceptors (Lipinski definition) is 7. The minimum absolute atomic E-state index is 0.0163. The lowest BCUT2D eigenvalue weighted by molar-refractivity contribution is -0.154. The first-order chi connectivity index (χ1) is 29.1. The lowest BCUT2D eigenvalue weighted by Gasteiger charge is -2.30. The number of nitrogens with one attached hydrogen (secondary N) is 3. The molecule has 14 heteroatoms. The topological polar surface area (TPSA) is 168 Å². The summed E-state index contributed by atoms with van der Waals surface area (Å²) in [6.45, 7) is -0.257. The molecule has 1 fully saturated rings. The molecule has 1 aromatic heterocycles. The SMILES string of the molecule is C#CCn1cc(C[C@@H]2NC(=O)[C@@H](NC(=O)OCC3c4ccccc4-c4ccccc43)Cc3cccc(c3)CNC(=O)CO[C@H]3CCN(C2=O)[C@@H]3C(=O)O)c2cc(F)ccc21. The molecule has 8 rings (SSSR count). The highest BCUT2D eigenvalue weighted by Gasteiger charge is 2.45. The second-order valence-electron chi connectivity index (χ2n) is 15.2. The molecule has 60 heavy (non-hydrogen) atoms. The number of aromatic nitrogens is 1. The van der Waals surface area contributed by atoms with Crippen molar-refractivity contribution in [1.82, 2.24) is 25.4 Å². The van der Waals surface area contributed by atoms with Gasteiger partial charge in [-0.2, -0.15) is 0 Å². The first-order valence-electron chi connectivity index (χ1n) is 19.7. The summed E-state index contributed by atoms with van der Waals surface area (Å²) >= 11 is 0. The van der Waals surface area contributed by atoms with E-state index in [0.717, 1.165) is 27.2 Å². The molecule has 0 saturated carbocycles. The van der Waals surface area contributed by atoms with Gasteiger partial charge in [0.25, 0.3) is 0 Å². The average molecular weight is 812 g/mol. The maximum atomic E-state index is 14.7. The molecule has 1 aliphatic carbocycles. The fourth-order valence-corrected chi connectivity index (χ4v) is 8.63. The maximum absolute atomic E-state index is 14.7. The zero-order valence-electron chi connectivity index (χ0n) is 32.4. The van der Waals surface area contributed by atoms with Crippen molar-refractivity contribution in [2.45, 2.75) is 62.5 Å². The van der Waals surface area contributed by atoms with E-state index in [1.165, 1.54) is 12.1 Å². The number of rotatable bonds is 7. The summed E-state index contributed by atoms with van der Waals surface area (Å²) in [5.74, 6) is -1.54. The predicted molar refractivity (Wildman–Crippen MR) is 218 cm³/mol. The highest BCUT2D eigenvalue weighted by atomic mass is 19.1. The van der Waals surface area contributed by atoms with Gasteiger partial charge in [-0.25, -0.2) is 14.0 Å². The van der Waals surface area contributed by atoms with E-state index in [0.29, 0.717) is 27.6 Å². The molecular weight excluding hydrogens is 770 g/mol. The number of ether oxygens (including phenoxy) is 2. The van der Waals surface area contributed by atoms with Gasteiger partial charge in [0.05, 0.1) is 12.6 Å². The van der Waals surface area contributed by atoms with Gasteiger partial charge in [0.1, 0.15) is 31.1 Å². The van der Waals surface area contributed by atoms with Crippen LogP contribution in [-0.4, -0.2) is 88.3 Å². The fraction of sp³-hybridized carbons (Fsp3) is 0.283. The van der Waals surface area contributed by atoms with Gasteiger partial charge in [-0.15, -0.1) is 6.42 Å². The Bertz CT molecular complexity index is 2500. The Balaban J connectivity index is 1.12. The number of carbonyl (C=O) groups is 5. The third-order valence-electron chi connectivity index (χ3n) is 11.4. The van der Waals surface area contributed by atoms with E-state index in [9.17, 15) is 33.5 Å².